The number of urea groups is 1. The van der Waals surface area contributed by atoms with Crippen molar-refractivity contribution in [1.82, 2.24) is 15.2 Å². The predicted octanol–water partition coefficient (Wildman–Crippen LogP) is 2.84. The zero-order valence-electron chi connectivity index (χ0n) is 17.7. The highest BCUT2D eigenvalue weighted by Crippen LogP contribution is 2.30. The molecule has 0 bridgehead atoms. The molecule has 4 rings (SSSR count). The summed E-state index contributed by atoms with van der Waals surface area (Å²) >= 11 is 0. The minimum absolute atomic E-state index is 0.0643. The number of aromatic nitrogens is 1. The molecule has 2 heterocycles. The van der Waals surface area contributed by atoms with E-state index in [9.17, 15) is 9.59 Å². The number of carbonyl (C=O) groups excluding carboxylic acids is 2. The maximum atomic E-state index is 12.8. The smallest absolute Gasteiger partial charge is 0.325 e. The summed E-state index contributed by atoms with van der Waals surface area (Å²) in [5, 5.41) is 3.08. The molecule has 2 aromatic rings. The first kappa shape index (κ1) is 21.0. The van der Waals surface area contributed by atoms with E-state index in [0.717, 1.165) is 31.4 Å². The molecular formula is C23H28N4O4. The Hall–Kier alpha value is -3.29. The third kappa shape index (κ3) is 5.07. The molecule has 8 nitrogen and oxygen atoms in total. The number of amides is 3. The standard InChI is InChI=1S/C23H28N4O4/c1-30-20-7-3-2-6-19(20)27-15-14-26(23(27)29)16-21(28)25-17-9-11-18(12-10-17)31-22-8-4-5-13-24-22/h2-8,13,17-18H,9-12,14-16H2,1H3,(H,25,28). The third-order valence-electron chi connectivity index (χ3n) is 5.77. The van der Waals surface area contributed by atoms with Gasteiger partial charge in [0.05, 0.1) is 12.8 Å². The highest BCUT2D eigenvalue weighted by molar-refractivity contribution is 5.97. The maximum absolute atomic E-state index is 12.8. The Morgan fingerprint density at radius 3 is 2.61 bits per heavy atom. The lowest BCUT2D eigenvalue weighted by atomic mass is 9.93. The lowest BCUT2D eigenvalue weighted by Gasteiger charge is -2.29. The molecule has 0 spiro atoms. The Morgan fingerprint density at radius 1 is 1.10 bits per heavy atom. The quantitative estimate of drug-likeness (QED) is 0.739. The van der Waals surface area contributed by atoms with Gasteiger partial charge >= 0.3 is 6.03 Å². The molecule has 8 heteroatoms. The van der Waals surface area contributed by atoms with Crippen molar-refractivity contribution in [1.29, 1.82) is 0 Å². The van der Waals surface area contributed by atoms with E-state index >= 15 is 0 Å². The Labute approximate surface area is 182 Å². The number of rotatable bonds is 7. The molecule has 1 aromatic carbocycles. The summed E-state index contributed by atoms with van der Waals surface area (Å²) < 4.78 is 11.3. The van der Waals surface area contributed by atoms with Gasteiger partial charge in [0.25, 0.3) is 0 Å². The molecule has 1 saturated heterocycles. The molecule has 1 N–H and O–H groups in total. The second kappa shape index (κ2) is 9.68. The molecule has 1 aromatic heterocycles. The summed E-state index contributed by atoms with van der Waals surface area (Å²) in [6.45, 7) is 1.10. The molecule has 1 aliphatic heterocycles. The number of pyridine rings is 1. The van der Waals surface area contributed by atoms with Crippen LogP contribution in [-0.4, -0.2) is 60.7 Å². The van der Waals surface area contributed by atoms with Crippen LogP contribution in [0.15, 0.2) is 48.7 Å². The van der Waals surface area contributed by atoms with Gasteiger partial charge in [0.1, 0.15) is 18.4 Å². The second-order valence-corrected chi connectivity index (χ2v) is 7.85. The first-order valence-corrected chi connectivity index (χ1v) is 10.7. The fourth-order valence-electron chi connectivity index (χ4n) is 4.16. The summed E-state index contributed by atoms with van der Waals surface area (Å²) in [6, 6.07) is 13.0. The summed E-state index contributed by atoms with van der Waals surface area (Å²) in [5.74, 6) is 1.17. The molecule has 31 heavy (non-hydrogen) atoms. The van der Waals surface area contributed by atoms with Gasteiger partial charge in [0.2, 0.25) is 11.8 Å². The highest BCUT2D eigenvalue weighted by atomic mass is 16.5. The monoisotopic (exact) mass is 424 g/mol. The van der Waals surface area contributed by atoms with Crippen LogP contribution >= 0.6 is 0 Å². The molecule has 2 aliphatic rings. The summed E-state index contributed by atoms with van der Waals surface area (Å²) in [7, 11) is 1.58. The lowest BCUT2D eigenvalue weighted by Crippen LogP contribution is -2.45. The van der Waals surface area contributed by atoms with Crippen molar-refractivity contribution in [3.05, 3.63) is 48.7 Å². The number of nitrogens with zero attached hydrogens (tertiary/aromatic N) is 3. The average Bonchev–Trinajstić information content (AvgIpc) is 3.15. The van der Waals surface area contributed by atoms with Gasteiger partial charge in [-0.15, -0.1) is 0 Å². The Kier molecular flexibility index (Phi) is 6.54. The number of ether oxygens (including phenoxy) is 2. The topological polar surface area (TPSA) is 84.0 Å². The van der Waals surface area contributed by atoms with Crippen LogP contribution in [0.1, 0.15) is 25.7 Å². The Morgan fingerprint density at radius 2 is 1.87 bits per heavy atom. The van der Waals surface area contributed by atoms with Gasteiger partial charge in [0.15, 0.2) is 0 Å². The van der Waals surface area contributed by atoms with Crippen LogP contribution in [0.5, 0.6) is 11.6 Å². The van der Waals surface area contributed by atoms with Gasteiger partial charge < -0.3 is 19.7 Å². The van der Waals surface area contributed by atoms with E-state index in [1.807, 2.05) is 42.5 Å². The van der Waals surface area contributed by atoms with Crippen molar-refractivity contribution in [2.75, 3.05) is 31.6 Å². The van der Waals surface area contributed by atoms with Crippen molar-refractivity contribution in [2.45, 2.75) is 37.8 Å². The fourth-order valence-corrected chi connectivity index (χ4v) is 4.16. The van der Waals surface area contributed by atoms with E-state index < -0.39 is 0 Å². The summed E-state index contributed by atoms with van der Waals surface area (Å²) in [6.07, 6.45) is 5.28. The van der Waals surface area contributed by atoms with E-state index in [0.29, 0.717) is 24.7 Å². The first-order valence-electron chi connectivity index (χ1n) is 10.7. The number of methoxy groups -OCH3 is 1. The zero-order chi connectivity index (χ0) is 21.6. The number of anilines is 1. The number of benzene rings is 1. The van der Waals surface area contributed by atoms with Crippen LogP contribution in [0.3, 0.4) is 0 Å². The van der Waals surface area contributed by atoms with Crippen molar-refractivity contribution >= 4 is 17.6 Å². The highest BCUT2D eigenvalue weighted by Gasteiger charge is 2.33. The second-order valence-electron chi connectivity index (χ2n) is 7.85. The molecule has 0 atom stereocenters. The largest absolute Gasteiger partial charge is 0.495 e. The van der Waals surface area contributed by atoms with Gasteiger partial charge in [-0.05, 0) is 43.9 Å². The van der Waals surface area contributed by atoms with E-state index in [1.165, 1.54) is 0 Å². The van der Waals surface area contributed by atoms with Gasteiger partial charge in [0, 0.05) is 31.4 Å². The predicted molar refractivity (Wildman–Crippen MR) is 116 cm³/mol. The van der Waals surface area contributed by atoms with Crippen LogP contribution in [0.25, 0.3) is 0 Å². The maximum Gasteiger partial charge on any atom is 0.325 e. The van der Waals surface area contributed by atoms with Gasteiger partial charge in [-0.2, -0.15) is 0 Å². The van der Waals surface area contributed by atoms with Crippen molar-refractivity contribution in [2.24, 2.45) is 0 Å². The van der Waals surface area contributed by atoms with Crippen LogP contribution < -0.4 is 19.7 Å². The number of hydrogen-bond donors (Lipinski definition) is 1. The lowest BCUT2D eigenvalue weighted by molar-refractivity contribution is -0.122. The first-order chi connectivity index (χ1) is 15.1. The Balaban J connectivity index is 1.24. The molecule has 2 fully saturated rings. The molecular weight excluding hydrogens is 396 g/mol. The Bertz CT molecular complexity index is 899. The van der Waals surface area contributed by atoms with E-state index in [2.05, 4.69) is 10.3 Å². The molecule has 0 radical (unpaired) electrons. The number of carbonyl (C=O) groups is 2. The van der Waals surface area contributed by atoms with Crippen molar-refractivity contribution in [3.63, 3.8) is 0 Å². The van der Waals surface area contributed by atoms with Crippen LogP contribution in [-0.2, 0) is 4.79 Å². The van der Waals surface area contributed by atoms with E-state index in [-0.39, 0.29) is 30.6 Å². The number of hydrogen-bond acceptors (Lipinski definition) is 5. The van der Waals surface area contributed by atoms with Gasteiger partial charge in [-0.1, -0.05) is 18.2 Å². The average molecular weight is 425 g/mol. The van der Waals surface area contributed by atoms with Crippen molar-refractivity contribution in [3.8, 4) is 11.6 Å². The third-order valence-corrected chi connectivity index (χ3v) is 5.77. The summed E-state index contributed by atoms with van der Waals surface area (Å²) in [4.78, 5) is 32.8. The van der Waals surface area contributed by atoms with E-state index in [1.54, 1.807) is 23.1 Å². The van der Waals surface area contributed by atoms with Crippen LogP contribution in [0.4, 0.5) is 10.5 Å². The van der Waals surface area contributed by atoms with Gasteiger partial charge in [-0.3, -0.25) is 9.69 Å². The SMILES string of the molecule is COc1ccccc1N1CCN(CC(=O)NC2CCC(Oc3ccccn3)CC2)C1=O. The van der Waals surface area contributed by atoms with E-state index in [4.69, 9.17) is 9.47 Å². The molecule has 1 saturated carbocycles. The zero-order valence-corrected chi connectivity index (χ0v) is 17.7. The molecule has 3 amide bonds. The van der Waals surface area contributed by atoms with Crippen LogP contribution in [0, 0.1) is 0 Å². The normalized spacial score (nSPS) is 21.1. The number of nitrogens with one attached hydrogen (secondary N) is 1. The minimum atomic E-state index is -0.174. The van der Waals surface area contributed by atoms with Crippen molar-refractivity contribution < 1.29 is 19.1 Å². The number of para-hydroxylation sites is 2. The fraction of sp³-hybridized carbons (Fsp3) is 0.435. The minimum Gasteiger partial charge on any atom is -0.495 e. The summed E-state index contributed by atoms with van der Waals surface area (Å²) in [5.41, 5.74) is 0.726. The molecule has 1 aliphatic carbocycles. The van der Waals surface area contributed by atoms with Gasteiger partial charge in [-0.25, -0.2) is 9.78 Å². The molecule has 164 valence electrons. The van der Waals surface area contributed by atoms with Crippen LogP contribution in [0.2, 0.25) is 0 Å². The molecule has 0 unspecified atom stereocenters.